The number of hydrogen-bond acceptors (Lipinski definition) is 6. The lowest BCUT2D eigenvalue weighted by Gasteiger charge is -2.29. The van der Waals surface area contributed by atoms with Gasteiger partial charge in [0.25, 0.3) is 5.91 Å². The number of pyridine rings is 1. The smallest absolute Gasteiger partial charge is 0.254 e. The van der Waals surface area contributed by atoms with E-state index < -0.39 is 0 Å². The minimum Gasteiger partial charge on any atom is -0.474 e. The van der Waals surface area contributed by atoms with Crippen LogP contribution in [0.1, 0.15) is 29.6 Å². The summed E-state index contributed by atoms with van der Waals surface area (Å²) in [5.41, 5.74) is 7.97. The van der Waals surface area contributed by atoms with Gasteiger partial charge in [-0.05, 0) is 25.3 Å². The van der Waals surface area contributed by atoms with Gasteiger partial charge in [0.15, 0.2) is 0 Å². The number of amides is 1. The Balaban J connectivity index is 1.78. The Hall–Kier alpha value is -2.61. The fourth-order valence-corrected chi connectivity index (χ4v) is 3.21. The van der Waals surface area contributed by atoms with Gasteiger partial charge < -0.3 is 20.1 Å². The van der Waals surface area contributed by atoms with E-state index in [2.05, 4.69) is 10.1 Å². The Morgan fingerprint density at radius 3 is 2.73 bits per heavy atom. The van der Waals surface area contributed by atoms with Gasteiger partial charge in [0, 0.05) is 31.9 Å². The van der Waals surface area contributed by atoms with Crippen LogP contribution in [0.5, 0.6) is 5.88 Å². The Morgan fingerprint density at radius 1 is 1.35 bits per heavy atom. The molecule has 2 aromatic heterocycles. The molecule has 4 rings (SSSR count). The second-order valence-corrected chi connectivity index (χ2v) is 6.75. The Morgan fingerprint density at radius 2 is 2.12 bits per heavy atom. The molecule has 3 heterocycles. The number of aryl methyl sites for hydroxylation is 1. The molecule has 0 aromatic carbocycles. The van der Waals surface area contributed by atoms with Crippen molar-refractivity contribution in [1.29, 1.82) is 0 Å². The van der Waals surface area contributed by atoms with Crippen molar-refractivity contribution < 1.29 is 14.3 Å². The van der Waals surface area contributed by atoms with Crippen LogP contribution in [0.4, 0.5) is 5.82 Å². The highest BCUT2D eigenvalue weighted by molar-refractivity contribution is 6.02. The zero-order valence-electron chi connectivity index (χ0n) is 14.9. The standard InChI is InChI=1S/C18H23N5O3/c1-22-11-12(10-20-22)16-14(18(24)23-5-7-25-8-6-23)9-15(19)21-17(16)26-13-3-2-4-13/h9-11,13H,2-8H2,1H3,(H2,19,21). The van der Waals surface area contributed by atoms with E-state index >= 15 is 0 Å². The first kappa shape index (κ1) is 16.8. The third-order valence-electron chi connectivity index (χ3n) is 4.86. The first-order valence-corrected chi connectivity index (χ1v) is 8.95. The number of rotatable bonds is 4. The fraction of sp³-hybridized carbons (Fsp3) is 0.500. The van der Waals surface area contributed by atoms with Crippen LogP contribution in [0.25, 0.3) is 11.1 Å². The van der Waals surface area contributed by atoms with E-state index in [9.17, 15) is 4.79 Å². The third-order valence-corrected chi connectivity index (χ3v) is 4.86. The van der Waals surface area contributed by atoms with Crippen molar-refractivity contribution in [2.24, 2.45) is 7.05 Å². The van der Waals surface area contributed by atoms with Gasteiger partial charge in [-0.1, -0.05) is 0 Å². The van der Waals surface area contributed by atoms with Crippen LogP contribution in [0.2, 0.25) is 0 Å². The predicted octanol–water partition coefficient (Wildman–Crippen LogP) is 1.47. The minimum atomic E-state index is -0.0836. The summed E-state index contributed by atoms with van der Waals surface area (Å²) in [4.78, 5) is 19.4. The van der Waals surface area contributed by atoms with Gasteiger partial charge in [-0.2, -0.15) is 10.1 Å². The number of hydrogen-bond donors (Lipinski definition) is 1. The van der Waals surface area contributed by atoms with Gasteiger partial charge in [-0.15, -0.1) is 0 Å². The number of anilines is 1. The van der Waals surface area contributed by atoms with E-state index in [-0.39, 0.29) is 17.8 Å². The quantitative estimate of drug-likeness (QED) is 0.890. The number of nitrogen functional groups attached to an aromatic ring is 1. The summed E-state index contributed by atoms with van der Waals surface area (Å²) in [5.74, 6) is 0.614. The van der Waals surface area contributed by atoms with Gasteiger partial charge in [-0.25, -0.2) is 0 Å². The van der Waals surface area contributed by atoms with E-state index in [1.54, 1.807) is 21.8 Å². The molecule has 1 aliphatic heterocycles. The maximum Gasteiger partial charge on any atom is 0.254 e. The number of ether oxygens (including phenoxy) is 2. The van der Waals surface area contributed by atoms with Crippen LogP contribution in [0.3, 0.4) is 0 Å². The van der Waals surface area contributed by atoms with E-state index in [1.165, 1.54) is 0 Å². The largest absolute Gasteiger partial charge is 0.474 e. The predicted molar refractivity (Wildman–Crippen MR) is 95.8 cm³/mol. The van der Waals surface area contributed by atoms with Crippen LogP contribution in [-0.4, -0.2) is 58.0 Å². The maximum absolute atomic E-state index is 13.2. The zero-order valence-corrected chi connectivity index (χ0v) is 14.9. The lowest BCUT2D eigenvalue weighted by Crippen LogP contribution is -2.41. The molecular weight excluding hydrogens is 334 g/mol. The van der Waals surface area contributed by atoms with Gasteiger partial charge in [0.05, 0.1) is 30.5 Å². The molecule has 2 aliphatic rings. The molecule has 0 unspecified atom stereocenters. The molecule has 1 saturated carbocycles. The Bertz CT molecular complexity index is 809. The lowest BCUT2D eigenvalue weighted by atomic mass is 9.96. The molecule has 2 N–H and O–H groups in total. The molecule has 8 heteroatoms. The van der Waals surface area contributed by atoms with Crippen molar-refractivity contribution in [2.75, 3.05) is 32.0 Å². The average Bonchev–Trinajstić information content (AvgIpc) is 3.03. The summed E-state index contributed by atoms with van der Waals surface area (Å²) in [6.07, 6.45) is 6.85. The van der Waals surface area contributed by atoms with Crippen LogP contribution in [0, 0.1) is 0 Å². The van der Waals surface area contributed by atoms with Crippen molar-refractivity contribution in [3.05, 3.63) is 24.0 Å². The molecule has 1 saturated heterocycles. The highest BCUT2D eigenvalue weighted by Gasteiger charge is 2.28. The van der Waals surface area contributed by atoms with Crippen molar-refractivity contribution in [3.8, 4) is 17.0 Å². The fourth-order valence-electron chi connectivity index (χ4n) is 3.21. The molecule has 26 heavy (non-hydrogen) atoms. The van der Waals surface area contributed by atoms with Crippen LogP contribution in [-0.2, 0) is 11.8 Å². The second-order valence-electron chi connectivity index (χ2n) is 6.75. The molecule has 138 valence electrons. The first-order valence-electron chi connectivity index (χ1n) is 8.95. The van der Waals surface area contributed by atoms with E-state index in [0.29, 0.717) is 43.3 Å². The summed E-state index contributed by atoms with van der Waals surface area (Å²) >= 11 is 0. The summed E-state index contributed by atoms with van der Waals surface area (Å²) in [6.45, 7) is 2.21. The van der Waals surface area contributed by atoms with E-state index in [1.807, 2.05) is 13.2 Å². The summed E-state index contributed by atoms with van der Waals surface area (Å²) in [6, 6.07) is 1.63. The summed E-state index contributed by atoms with van der Waals surface area (Å²) in [5, 5.41) is 4.24. The molecule has 0 radical (unpaired) electrons. The molecule has 0 spiro atoms. The zero-order chi connectivity index (χ0) is 18.1. The lowest BCUT2D eigenvalue weighted by molar-refractivity contribution is 0.0302. The second kappa shape index (κ2) is 6.95. The number of morpholine rings is 1. The Labute approximate surface area is 151 Å². The van der Waals surface area contributed by atoms with Crippen LogP contribution in [0.15, 0.2) is 18.5 Å². The molecular formula is C18H23N5O3. The van der Waals surface area contributed by atoms with Gasteiger partial charge in [0.1, 0.15) is 11.9 Å². The highest BCUT2D eigenvalue weighted by Crippen LogP contribution is 2.36. The van der Waals surface area contributed by atoms with Crippen LogP contribution < -0.4 is 10.5 Å². The van der Waals surface area contributed by atoms with E-state index in [0.717, 1.165) is 24.8 Å². The average molecular weight is 357 g/mol. The van der Waals surface area contributed by atoms with Gasteiger partial charge in [0.2, 0.25) is 5.88 Å². The number of carbonyl (C=O) groups is 1. The number of nitrogens with zero attached hydrogens (tertiary/aromatic N) is 4. The third kappa shape index (κ3) is 3.24. The van der Waals surface area contributed by atoms with Crippen molar-refractivity contribution in [2.45, 2.75) is 25.4 Å². The van der Waals surface area contributed by atoms with Crippen molar-refractivity contribution in [3.63, 3.8) is 0 Å². The highest BCUT2D eigenvalue weighted by atomic mass is 16.5. The summed E-state index contributed by atoms with van der Waals surface area (Å²) < 4.78 is 13.1. The summed E-state index contributed by atoms with van der Waals surface area (Å²) in [7, 11) is 1.84. The molecule has 8 nitrogen and oxygen atoms in total. The van der Waals surface area contributed by atoms with E-state index in [4.69, 9.17) is 15.2 Å². The number of carbonyl (C=O) groups excluding carboxylic acids is 1. The van der Waals surface area contributed by atoms with Crippen LogP contribution >= 0.6 is 0 Å². The molecule has 1 amide bonds. The number of aromatic nitrogens is 3. The molecule has 0 bridgehead atoms. The Kier molecular flexibility index (Phi) is 4.50. The maximum atomic E-state index is 13.2. The monoisotopic (exact) mass is 357 g/mol. The van der Waals surface area contributed by atoms with Crippen molar-refractivity contribution in [1.82, 2.24) is 19.7 Å². The molecule has 1 aliphatic carbocycles. The SMILES string of the molecule is Cn1cc(-c2c(C(=O)N3CCOCC3)cc(N)nc2OC2CCC2)cn1. The van der Waals surface area contributed by atoms with Crippen molar-refractivity contribution >= 4 is 11.7 Å². The molecule has 2 aromatic rings. The topological polar surface area (TPSA) is 95.5 Å². The van der Waals surface area contributed by atoms with Gasteiger partial charge >= 0.3 is 0 Å². The van der Waals surface area contributed by atoms with Gasteiger partial charge in [-0.3, -0.25) is 9.48 Å². The molecule has 2 fully saturated rings. The normalized spacial score (nSPS) is 17.8. The first-order chi connectivity index (χ1) is 12.6. The molecule has 0 atom stereocenters. The number of nitrogens with two attached hydrogens (primary N) is 1. The minimum absolute atomic E-state index is 0.0836.